The third-order valence-corrected chi connectivity index (χ3v) is 7.88. The molecular weight excluding hydrogens is 398 g/mol. The first kappa shape index (κ1) is 16.7. The lowest BCUT2D eigenvalue weighted by Gasteiger charge is -2.11. The highest BCUT2D eigenvalue weighted by Crippen LogP contribution is 2.30. The Kier molecular flexibility index (Phi) is 4.89. The second-order valence-electron chi connectivity index (χ2n) is 5.53. The van der Waals surface area contributed by atoms with Gasteiger partial charge in [-0.25, -0.2) is 8.42 Å². The topological polar surface area (TPSA) is 63.2 Å². The van der Waals surface area contributed by atoms with Crippen LogP contribution in [0.2, 0.25) is 0 Å². The quantitative estimate of drug-likeness (QED) is 0.803. The number of halogens is 1. The molecule has 1 aliphatic rings. The zero-order chi connectivity index (χ0) is 16.4. The third-order valence-electron chi connectivity index (χ3n) is 3.98. The number of thiophene rings is 1. The third kappa shape index (κ3) is 3.67. The van der Waals surface area contributed by atoms with E-state index >= 15 is 0 Å². The minimum absolute atomic E-state index is 0.202. The molecule has 0 unspecified atom stereocenters. The number of hydrogen-bond donors (Lipinski definition) is 1. The van der Waals surface area contributed by atoms with Gasteiger partial charge < -0.3 is 5.32 Å². The molecule has 1 aromatic heterocycles. The molecule has 7 heteroatoms. The van der Waals surface area contributed by atoms with Gasteiger partial charge in [-0.2, -0.15) is 0 Å². The van der Waals surface area contributed by atoms with Gasteiger partial charge in [-0.3, -0.25) is 4.79 Å². The largest absolute Gasteiger partial charge is 0.321 e. The van der Waals surface area contributed by atoms with E-state index in [2.05, 4.69) is 21.2 Å². The Morgan fingerprint density at radius 3 is 2.30 bits per heavy atom. The molecule has 1 heterocycles. The van der Waals surface area contributed by atoms with Crippen molar-refractivity contribution < 1.29 is 13.2 Å². The maximum absolute atomic E-state index is 12.5. The van der Waals surface area contributed by atoms with E-state index in [1.165, 1.54) is 11.3 Å². The first-order valence-electron chi connectivity index (χ1n) is 7.37. The average Bonchev–Trinajstić information content (AvgIpc) is 3.19. The van der Waals surface area contributed by atoms with Crippen LogP contribution in [-0.4, -0.2) is 19.6 Å². The van der Waals surface area contributed by atoms with Crippen molar-refractivity contribution in [2.45, 2.75) is 35.8 Å². The maximum atomic E-state index is 12.5. The van der Waals surface area contributed by atoms with Crippen LogP contribution >= 0.6 is 27.3 Å². The lowest BCUT2D eigenvalue weighted by atomic mass is 10.3. The fourth-order valence-corrected chi connectivity index (χ4v) is 5.88. The van der Waals surface area contributed by atoms with E-state index in [9.17, 15) is 13.2 Å². The van der Waals surface area contributed by atoms with E-state index in [0.717, 1.165) is 29.5 Å². The molecule has 0 radical (unpaired) electrons. The molecule has 0 atom stereocenters. The summed E-state index contributed by atoms with van der Waals surface area (Å²) in [4.78, 5) is 13.0. The van der Waals surface area contributed by atoms with E-state index in [-0.39, 0.29) is 11.2 Å². The molecule has 1 fully saturated rings. The minimum Gasteiger partial charge on any atom is -0.321 e. The highest BCUT2D eigenvalue weighted by molar-refractivity contribution is 9.11. The maximum Gasteiger partial charge on any atom is 0.265 e. The van der Waals surface area contributed by atoms with Crippen LogP contribution in [0.4, 0.5) is 5.69 Å². The molecule has 1 aliphatic carbocycles. The molecular formula is C16H16BrNO3S2. The van der Waals surface area contributed by atoms with Crippen molar-refractivity contribution in [2.75, 3.05) is 5.32 Å². The predicted octanol–water partition coefficient (Wildman–Crippen LogP) is 4.48. The zero-order valence-electron chi connectivity index (χ0n) is 12.3. The lowest BCUT2D eigenvalue weighted by molar-refractivity contribution is 0.103. The average molecular weight is 414 g/mol. The number of rotatable bonds is 4. The Balaban J connectivity index is 1.73. The highest BCUT2D eigenvalue weighted by atomic mass is 79.9. The molecule has 0 saturated heterocycles. The Morgan fingerprint density at radius 1 is 1.09 bits per heavy atom. The van der Waals surface area contributed by atoms with Crippen LogP contribution in [-0.2, 0) is 9.84 Å². The van der Waals surface area contributed by atoms with Crippen LogP contribution < -0.4 is 5.32 Å². The SMILES string of the molecule is O=C(Nc1ccc(S(=O)(=O)C2CCCC2)cc1)c1ccc(Br)s1. The van der Waals surface area contributed by atoms with Gasteiger partial charge in [-0.15, -0.1) is 11.3 Å². The van der Waals surface area contributed by atoms with Crippen molar-refractivity contribution in [1.82, 2.24) is 0 Å². The molecule has 122 valence electrons. The Morgan fingerprint density at radius 2 is 1.74 bits per heavy atom. The number of amides is 1. The monoisotopic (exact) mass is 413 g/mol. The van der Waals surface area contributed by atoms with Crippen LogP contribution in [0.5, 0.6) is 0 Å². The van der Waals surface area contributed by atoms with Crippen LogP contribution in [0.1, 0.15) is 35.4 Å². The molecule has 1 N–H and O–H groups in total. The number of carbonyl (C=O) groups is 1. The lowest BCUT2D eigenvalue weighted by Crippen LogP contribution is -2.17. The van der Waals surface area contributed by atoms with Crippen molar-refractivity contribution in [1.29, 1.82) is 0 Å². The Hall–Kier alpha value is -1.18. The number of hydrogen-bond acceptors (Lipinski definition) is 4. The van der Waals surface area contributed by atoms with E-state index in [1.807, 2.05) is 6.07 Å². The van der Waals surface area contributed by atoms with E-state index < -0.39 is 9.84 Å². The first-order chi connectivity index (χ1) is 11.0. The predicted molar refractivity (Wildman–Crippen MR) is 95.9 cm³/mol. The van der Waals surface area contributed by atoms with Gasteiger partial charge in [0, 0.05) is 5.69 Å². The molecule has 0 aliphatic heterocycles. The van der Waals surface area contributed by atoms with Crippen molar-refractivity contribution in [3.63, 3.8) is 0 Å². The second-order valence-corrected chi connectivity index (χ2v) is 10.2. The number of carbonyl (C=O) groups excluding carboxylic acids is 1. The Labute approximate surface area is 148 Å². The number of anilines is 1. The van der Waals surface area contributed by atoms with Crippen molar-refractivity contribution in [3.05, 3.63) is 45.1 Å². The van der Waals surface area contributed by atoms with Gasteiger partial charge >= 0.3 is 0 Å². The molecule has 1 aromatic carbocycles. The van der Waals surface area contributed by atoms with Gasteiger partial charge in [-0.05, 0) is 65.2 Å². The summed E-state index contributed by atoms with van der Waals surface area (Å²) < 4.78 is 25.9. The zero-order valence-corrected chi connectivity index (χ0v) is 15.5. The first-order valence-corrected chi connectivity index (χ1v) is 10.5. The molecule has 0 bridgehead atoms. The second kappa shape index (κ2) is 6.75. The highest BCUT2D eigenvalue weighted by Gasteiger charge is 2.30. The fraction of sp³-hybridized carbons (Fsp3) is 0.312. The van der Waals surface area contributed by atoms with Crippen LogP contribution in [0.25, 0.3) is 0 Å². The standard InChI is InChI=1S/C16H16BrNO3S2/c17-15-10-9-14(22-15)16(19)18-11-5-7-13(8-6-11)23(20,21)12-3-1-2-4-12/h5-10,12H,1-4H2,(H,18,19). The van der Waals surface area contributed by atoms with Gasteiger partial charge in [0.25, 0.3) is 5.91 Å². The molecule has 3 rings (SSSR count). The van der Waals surface area contributed by atoms with E-state index in [1.54, 1.807) is 30.3 Å². The van der Waals surface area contributed by atoms with Crippen LogP contribution in [0, 0.1) is 0 Å². The number of nitrogens with one attached hydrogen (secondary N) is 1. The van der Waals surface area contributed by atoms with Crippen molar-refractivity contribution in [3.8, 4) is 0 Å². The summed E-state index contributed by atoms with van der Waals surface area (Å²) >= 11 is 4.67. The Bertz CT molecular complexity index is 806. The van der Waals surface area contributed by atoms with Gasteiger partial charge in [0.1, 0.15) is 0 Å². The van der Waals surface area contributed by atoms with E-state index in [4.69, 9.17) is 0 Å². The molecule has 0 spiro atoms. The van der Waals surface area contributed by atoms with Gasteiger partial charge in [0.2, 0.25) is 0 Å². The van der Waals surface area contributed by atoms with Crippen LogP contribution in [0.15, 0.2) is 45.1 Å². The molecule has 23 heavy (non-hydrogen) atoms. The molecule has 4 nitrogen and oxygen atoms in total. The van der Waals surface area contributed by atoms with Gasteiger partial charge in [0.05, 0.1) is 18.8 Å². The summed E-state index contributed by atoms with van der Waals surface area (Å²) in [6.07, 6.45) is 3.45. The summed E-state index contributed by atoms with van der Waals surface area (Å²) in [6.45, 7) is 0. The normalized spacial score (nSPS) is 15.7. The number of benzene rings is 1. The van der Waals surface area contributed by atoms with Gasteiger partial charge in [-0.1, -0.05) is 12.8 Å². The summed E-state index contributed by atoms with van der Waals surface area (Å²) in [5.74, 6) is -0.202. The summed E-state index contributed by atoms with van der Waals surface area (Å²) in [5, 5.41) is 2.52. The summed E-state index contributed by atoms with van der Waals surface area (Å²) in [6, 6.07) is 9.99. The van der Waals surface area contributed by atoms with Crippen molar-refractivity contribution >= 4 is 48.7 Å². The molecule has 1 amide bonds. The minimum atomic E-state index is -3.25. The van der Waals surface area contributed by atoms with E-state index in [0.29, 0.717) is 15.5 Å². The molecule has 2 aromatic rings. The van der Waals surface area contributed by atoms with Crippen LogP contribution in [0.3, 0.4) is 0 Å². The number of sulfone groups is 1. The summed E-state index contributed by atoms with van der Waals surface area (Å²) in [5.41, 5.74) is 0.588. The molecule has 1 saturated carbocycles. The summed E-state index contributed by atoms with van der Waals surface area (Å²) in [7, 11) is -3.25. The smallest absolute Gasteiger partial charge is 0.265 e. The van der Waals surface area contributed by atoms with Crippen molar-refractivity contribution in [2.24, 2.45) is 0 Å². The fourth-order valence-electron chi connectivity index (χ4n) is 2.75. The van der Waals surface area contributed by atoms with Gasteiger partial charge in [0.15, 0.2) is 9.84 Å².